The van der Waals surface area contributed by atoms with Gasteiger partial charge >= 0.3 is 0 Å². The van der Waals surface area contributed by atoms with Crippen LogP contribution in [0.25, 0.3) is 22.0 Å². The largest absolute Gasteiger partial charge is 0.350 e. The molecule has 2 heteroatoms. The fraction of sp³-hybridized carbons (Fsp3) is 0.0714. The minimum Gasteiger partial charge on any atom is -0.350 e. The van der Waals surface area contributed by atoms with Gasteiger partial charge in [-0.05, 0) is 12.1 Å². The first-order valence-corrected chi connectivity index (χ1v) is 5.31. The molecule has 0 saturated heterocycles. The summed E-state index contributed by atoms with van der Waals surface area (Å²) in [6.07, 6.45) is 5.86. The van der Waals surface area contributed by atoms with Crippen molar-refractivity contribution in [3.8, 4) is 11.1 Å². The minimum absolute atomic E-state index is 1.17. The number of pyridine rings is 1. The zero-order valence-electron chi connectivity index (χ0n) is 9.09. The van der Waals surface area contributed by atoms with Gasteiger partial charge in [-0.1, -0.05) is 24.3 Å². The summed E-state index contributed by atoms with van der Waals surface area (Å²) in [5.41, 5.74) is 3.66. The standard InChI is InChI=1S/C14H12N2/c1-16-10-13(11-5-4-8-15-9-11)12-6-2-3-7-14(12)16/h2-10H,1H3. The lowest BCUT2D eigenvalue weighted by Crippen LogP contribution is -1.81. The molecule has 0 unspecified atom stereocenters. The molecule has 16 heavy (non-hydrogen) atoms. The third-order valence-corrected chi connectivity index (χ3v) is 2.87. The fourth-order valence-electron chi connectivity index (χ4n) is 2.09. The van der Waals surface area contributed by atoms with E-state index in [1.165, 1.54) is 22.0 Å². The smallest absolute Gasteiger partial charge is 0.0484 e. The molecule has 0 N–H and O–H groups in total. The van der Waals surface area contributed by atoms with Crippen molar-refractivity contribution in [2.24, 2.45) is 7.05 Å². The first-order valence-electron chi connectivity index (χ1n) is 5.31. The maximum atomic E-state index is 4.17. The SMILES string of the molecule is Cn1cc(-c2cccnc2)c2ccccc21. The van der Waals surface area contributed by atoms with Crippen LogP contribution in [0.15, 0.2) is 55.0 Å². The van der Waals surface area contributed by atoms with E-state index in [1.54, 1.807) is 6.20 Å². The molecule has 1 aromatic carbocycles. The molecule has 0 atom stereocenters. The second-order valence-corrected chi connectivity index (χ2v) is 3.91. The lowest BCUT2D eigenvalue weighted by atomic mass is 10.1. The molecular formula is C14H12N2. The van der Waals surface area contributed by atoms with Crippen LogP contribution in [0.5, 0.6) is 0 Å². The molecule has 0 aliphatic heterocycles. The Bertz CT molecular complexity index is 624. The van der Waals surface area contributed by atoms with Crippen molar-refractivity contribution >= 4 is 10.9 Å². The Balaban J connectivity index is 2.33. The molecule has 2 nitrogen and oxygen atoms in total. The van der Waals surface area contributed by atoms with Gasteiger partial charge in [-0.2, -0.15) is 0 Å². The Morgan fingerprint density at radius 3 is 2.75 bits per heavy atom. The van der Waals surface area contributed by atoms with Crippen molar-refractivity contribution in [2.45, 2.75) is 0 Å². The number of aromatic nitrogens is 2. The summed E-state index contributed by atoms with van der Waals surface area (Å²) in [5, 5.41) is 1.28. The quantitative estimate of drug-likeness (QED) is 0.600. The number of hydrogen-bond donors (Lipinski definition) is 0. The van der Waals surface area contributed by atoms with Crippen molar-refractivity contribution in [2.75, 3.05) is 0 Å². The van der Waals surface area contributed by atoms with Gasteiger partial charge in [0.2, 0.25) is 0 Å². The summed E-state index contributed by atoms with van der Waals surface area (Å²) in [6.45, 7) is 0. The van der Waals surface area contributed by atoms with Crippen LogP contribution in [0.3, 0.4) is 0 Å². The van der Waals surface area contributed by atoms with E-state index in [9.17, 15) is 0 Å². The summed E-state index contributed by atoms with van der Waals surface area (Å²) < 4.78 is 2.15. The number of rotatable bonds is 1. The summed E-state index contributed by atoms with van der Waals surface area (Å²) in [4.78, 5) is 4.17. The number of fused-ring (bicyclic) bond motifs is 1. The highest BCUT2D eigenvalue weighted by Gasteiger charge is 2.07. The van der Waals surface area contributed by atoms with Crippen molar-refractivity contribution in [3.63, 3.8) is 0 Å². The van der Waals surface area contributed by atoms with Crippen LogP contribution in [0, 0.1) is 0 Å². The molecule has 0 aliphatic carbocycles. The van der Waals surface area contributed by atoms with E-state index in [4.69, 9.17) is 0 Å². The third-order valence-electron chi connectivity index (χ3n) is 2.87. The molecular weight excluding hydrogens is 196 g/mol. The molecule has 3 aromatic rings. The van der Waals surface area contributed by atoms with E-state index in [1.807, 2.05) is 12.3 Å². The predicted molar refractivity (Wildman–Crippen MR) is 66.2 cm³/mol. The van der Waals surface area contributed by atoms with Crippen molar-refractivity contribution in [1.82, 2.24) is 9.55 Å². The van der Waals surface area contributed by atoms with Gasteiger partial charge in [-0.25, -0.2) is 0 Å². The predicted octanol–water partition coefficient (Wildman–Crippen LogP) is 3.24. The summed E-state index contributed by atoms with van der Waals surface area (Å²) in [7, 11) is 2.07. The average molecular weight is 208 g/mol. The monoisotopic (exact) mass is 208 g/mol. The highest BCUT2D eigenvalue weighted by molar-refractivity contribution is 5.95. The van der Waals surface area contributed by atoms with E-state index in [0.29, 0.717) is 0 Å². The number of benzene rings is 1. The molecule has 0 saturated carbocycles. The molecule has 3 rings (SSSR count). The molecule has 0 spiro atoms. The minimum atomic E-state index is 1.17. The van der Waals surface area contributed by atoms with Gasteiger partial charge in [0.15, 0.2) is 0 Å². The van der Waals surface area contributed by atoms with Gasteiger partial charge in [0, 0.05) is 47.7 Å². The molecule has 0 aliphatic rings. The lowest BCUT2D eigenvalue weighted by Gasteiger charge is -1.97. The average Bonchev–Trinajstić information content (AvgIpc) is 2.69. The highest BCUT2D eigenvalue weighted by Crippen LogP contribution is 2.29. The Morgan fingerprint density at radius 1 is 1.06 bits per heavy atom. The Kier molecular flexibility index (Phi) is 2.00. The van der Waals surface area contributed by atoms with E-state index in [2.05, 4.69) is 53.1 Å². The van der Waals surface area contributed by atoms with Crippen LogP contribution in [0.2, 0.25) is 0 Å². The first kappa shape index (κ1) is 9.16. The molecule has 78 valence electrons. The van der Waals surface area contributed by atoms with E-state index in [0.717, 1.165) is 0 Å². The first-order chi connectivity index (χ1) is 7.86. The van der Waals surface area contributed by atoms with Crippen LogP contribution >= 0.6 is 0 Å². The summed E-state index contributed by atoms with van der Waals surface area (Å²) in [5.74, 6) is 0. The number of aryl methyl sites for hydroxylation is 1. The van der Waals surface area contributed by atoms with Gasteiger partial charge in [0.1, 0.15) is 0 Å². The van der Waals surface area contributed by atoms with E-state index < -0.39 is 0 Å². The van der Waals surface area contributed by atoms with Crippen LogP contribution in [0.4, 0.5) is 0 Å². The molecule has 2 aromatic heterocycles. The molecule has 0 fully saturated rings. The van der Waals surface area contributed by atoms with Gasteiger partial charge in [-0.15, -0.1) is 0 Å². The molecule has 2 heterocycles. The molecule has 0 bridgehead atoms. The van der Waals surface area contributed by atoms with Crippen LogP contribution in [-0.2, 0) is 7.05 Å². The van der Waals surface area contributed by atoms with Crippen molar-refractivity contribution in [1.29, 1.82) is 0 Å². The second-order valence-electron chi connectivity index (χ2n) is 3.91. The fourth-order valence-corrected chi connectivity index (χ4v) is 2.09. The summed E-state index contributed by atoms with van der Waals surface area (Å²) in [6, 6.07) is 12.5. The Labute approximate surface area is 94.2 Å². The number of nitrogens with zero attached hydrogens (tertiary/aromatic N) is 2. The van der Waals surface area contributed by atoms with Crippen molar-refractivity contribution in [3.05, 3.63) is 55.0 Å². The molecule has 0 amide bonds. The van der Waals surface area contributed by atoms with Gasteiger partial charge < -0.3 is 4.57 Å². The zero-order chi connectivity index (χ0) is 11.0. The Hall–Kier alpha value is -2.09. The maximum Gasteiger partial charge on any atom is 0.0484 e. The van der Waals surface area contributed by atoms with E-state index in [-0.39, 0.29) is 0 Å². The summed E-state index contributed by atoms with van der Waals surface area (Å²) >= 11 is 0. The number of hydrogen-bond acceptors (Lipinski definition) is 1. The third kappa shape index (κ3) is 1.31. The topological polar surface area (TPSA) is 17.8 Å². The van der Waals surface area contributed by atoms with Crippen LogP contribution in [-0.4, -0.2) is 9.55 Å². The van der Waals surface area contributed by atoms with Crippen LogP contribution < -0.4 is 0 Å². The van der Waals surface area contributed by atoms with Crippen LogP contribution in [0.1, 0.15) is 0 Å². The Morgan fingerprint density at radius 2 is 1.94 bits per heavy atom. The maximum absolute atomic E-state index is 4.17. The van der Waals surface area contributed by atoms with Gasteiger partial charge in [0.25, 0.3) is 0 Å². The second kappa shape index (κ2) is 3.49. The highest BCUT2D eigenvalue weighted by atomic mass is 14.9. The lowest BCUT2D eigenvalue weighted by molar-refractivity contribution is 0.970. The van der Waals surface area contributed by atoms with Gasteiger partial charge in [-0.3, -0.25) is 4.98 Å². The zero-order valence-corrected chi connectivity index (χ0v) is 9.09. The number of para-hydroxylation sites is 1. The molecule has 0 radical (unpaired) electrons. The van der Waals surface area contributed by atoms with Gasteiger partial charge in [0.05, 0.1) is 0 Å². The normalized spacial score (nSPS) is 10.8. The van der Waals surface area contributed by atoms with Crippen molar-refractivity contribution < 1.29 is 0 Å². The van der Waals surface area contributed by atoms with E-state index >= 15 is 0 Å².